The average Bonchev–Trinajstić information content (AvgIpc) is 3.45. The maximum absolute atomic E-state index is 13.6. The van der Waals surface area contributed by atoms with Gasteiger partial charge in [-0.25, -0.2) is 0 Å². The van der Waals surface area contributed by atoms with Crippen LogP contribution in [-0.2, 0) is 38.8 Å². The van der Waals surface area contributed by atoms with E-state index in [2.05, 4.69) is 0 Å². The van der Waals surface area contributed by atoms with Crippen LogP contribution in [0.2, 0.25) is 0 Å². The van der Waals surface area contributed by atoms with Crippen molar-refractivity contribution in [3.63, 3.8) is 0 Å². The second-order valence-electron chi connectivity index (χ2n) is 11.8. The number of fused-ring (bicyclic) bond motifs is 1. The lowest BCUT2D eigenvalue weighted by atomic mass is 9.49. The van der Waals surface area contributed by atoms with Crippen LogP contribution in [0.4, 0.5) is 0 Å². The van der Waals surface area contributed by atoms with Crippen molar-refractivity contribution in [2.24, 2.45) is 46.8 Å². The van der Waals surface area contributed by atoms with Crippen LogP contribution in [0.5, 0.6) is 5.75 Å². The van der Waals surface area contributed by atoms with Crippen molar-refractivity contribution in [3.05, 3.63) is 24.3 Å². The molecule has 6 saturated carbocycles. The number of hydrogen-bond donors (Lipinski definition) is 1. The van der Waals surface area contributed by atoms with Gasteiger partial charge in [-0.2, -0.15) is 8.42 Å². The van der Waals surface area contributed by atoms with Crippen LogP contribution in [0.3, 0.4) is 0 Å². The number of Topliss-reactive ketones (excluding diaryl/α,β-unsaturated/α-hetero) is 1. The summed E-state index contributed by atoms with van der Waals surface area (Å²) in [7, 11) is -4.39. The molecule has 1 aliphatic heterocycles. The van der Waals surface area contributed by atoms with E-state index < -0.39 is 57.4 Å². The Kier molecular flexibility index (Phi) is 4.81. The fourth-order valence-electron chi connectivity index (χ4n) is 8.58. The summed E-state index contributed by atoms with van der Waals surface area (Å²) in [4.78, 5) is 51.8. The second kappa shape index (κ2) is 7.63. The first-order valence-electron chi connectivity index (χ1n) is 12.8. The Morgan fingerprint density at radius 1 is 0.973 bits per heavy atom. The summed E-state index contributed by atoms with van der Waals surface area (Å²) < 4.78 is 48.8. The Balaban J connectivity index is 1.11. The molecule has 8 atom stereocenters. The Hall–Kier alpha value is -2.79. The van der Waals surface area contributed by atoms with Gasteiger partial charge in [0.25, 0.3) is 10.1 Å². The summed E-state index contributed by atoms with van der Waals surface area (Å²) in [6, 6.07) is 4.71. The quantitative estimate of drug-likeness (QED) is 0.340. The number of ether oxygens (including phenoxy) is 3. The first-order chi connectivity index (χ1) is 17.5. The molecule has 1 aromatic carbocycles. The van der Waals surface area contributed by atoms with E-state index in [1.165, 1.54) is 12.1 Å². The van der Waals surface area contributed by atoms with Crippen LogP contribution >= 0.6 is 0 Å². The zero-order valence-corrected chi connectivity index (χ0v) is 20.6. The van der Waals surface area contributed by atoms with Gasteiger partial charge in [0.05, 0.1) is 22.1 Å². The summed E-state index contributed by atoms with van der Waals surface area (Å²) in [5, 5.41) is 0. The van der Waals surface area contributed by atoms with Gasteiger partial charge in [0.15, 0.2) is 0 Å². The molecule has 0 radical (unpaired) electrons. The molecular weight excluding hydrogens is 504 g/mol. The Morgan fingerprint density at radius 3 is 2.30 bits per heavy atom. The molecule has 1 heterocycles. The molecule has 11 heteroatoms. The number of esters is 3. The molecule has 8 rings (SSSR count). The lowest BCUT2D eigenvalue weighted by Crippen LogP contribution is -2.56. The van der Waals surface area contributed by atoms with Crippen LogP contribution in [0, 0.1) is 46.8 Å². The van der Waals surface area contributed by atoms with Crippen LogP contribution < -0.4 is 4.74 Å². The van der Waals surface area contributed by atoms with Crippen molar-refractivity contribution >= 4 is 33.8 Å². The summed E-state index contributed by atoms with van der Waals surface area (Å²) in [5.74, 6) is -3.19. The summed E-state index contributed by atoms with van der Waals surface area (Å²) >= 11 is 0. The van der Waals surface area contributed by atoms with E-state index in [0.29, 0.717) is 31.6 Å². The zero-order chi connectivity index (χ0) is 25.9. The third kappa shape index (κ3) is 3.35. The van der Waals surface area contributed by atoms with Crippen LogP contribution in [0.25, 0.3) is 0 Å². The van der Waals surface area contributed by atoms with Crippen molar-refractivity contribution in [3.8, 4) is 5.75 Å². The third-order valence-electron chi connectivity index (χ3n) is 9.83. The summed E-state index contributed by atoms with van der Waals surface area (Å²) in [6.45, 7) is 0. The van der Waals surface area contributed by atoms with Crippen molar-refractivity contribution in [2.45, 2.75) is 55.6 Å². The summed E-state index contributed by atoms with van der Waals surface area (Å²) in [6.07, 6.45) is 2.60. The number of rotatable bonds is 5. The molecule has 7 unspecified atom stereocenters. The number of benzene rings is 1. The van der Waals surface area contributed by atoms with Gasteiger partial charge in [-0.1, -0.05) is 0 Å². The maximum atomic E-state index is 13.6. The first kappa shape index (κ1) is 23.3. The molecule has 0 aromatic heterocycles. The van der Waals surface area contributed by atoms with Crippen LogP contribution in [0.1, 0.15) is 38.5 Å². The van der Waals surface area contributed by atoms with Crippen molar-refractivity contribution in [2.75, 3.05) is 0 Å². The number of carbonyl (C=O) groups excluding carboxylic acids is 4. The standard InChI is InChI=1S/C26H26O10S/c27-20-12-5-11-6-13(20)10-26(8-11,9-12)25(30)36-22-17-7-16-19(24(29)35-21(16)22)18(17)23(28)34-14-1-3-15(4-2-14)37(31,32)33/h1-4,11-13,16-19,21-22H,5-10H2,(H,31,32,33)/t11?,12?,13?,16?,17?,18?,19?,21-,22?,26?/m0/s1. The van der Waals surface area contributed by atoms with E-state index in [9.17, 15) is 27.6 Å². The third-order valence-corrected chi connectivity index (χ3v) is 10.7. The zero-order valence-electron chi connectivity index (χ0n) is 19.8. The second-order valence-corrected chi connectivity index (χ2v) is 13.2. The number of carbonyl (C=O) groups is 4. The Labute approximate surface area is 212 Å². The van der Waals surface area contributed by atoms with E-state index in [1.54, 1.807) is 0 Å². The molecule has 7 fully saturated rings. The van der Waals surface area contributed by atoms with E-state index >= 15 is 0 Å². The largest absolute Gasteiger partial charge is 0.458 e. The van der Waals surface area contributed by atoms with Gasteiger partial charge in [0, 0.05) is 23.7 Å². The van der Waals surface area contributed by atoms with Gasteiger partial charge in [0.2, 0.25) is 0 Å². The highest BCUT2D eigenvalue weighted by molar-refractivity contribution is 7.85. The van der Waals surface area contributed by atoms with Gasteiger partial charge in [-0.3, -0.25) is 23.7 Å². The molecule has 196 valence electrons. The lowest BCUT2D eigenvalue weighted by Gasteiger charge is -2.54. The minimum Gasteiger partial charge on any atom is -0.458 e. The molecule has 7 aliphatic rings. The molecule has 1 aromatic rings. The number of ketones is 1. The topological polar surface area (TPSA) is 150 Å². The lowest BCUT2D eigenvalue weighted by molar-refractivity contribution is -0.188. The predicted molar refractivity (Wildman–Crippen MR) is 121 cm³/mol. The van der Waals surface area contributed by atoms with Crippen LogP contribution in [-0.4, -0.2) is 48.9 Å². The van der Waals surface area contributed by atoms with E-state index in [4.69, 9.17) is 18.8 Å². The number of hydrogen-bond acceptors (Lipinski definition) is 9. The molecule has 0 amide bonds. The molecule has 1 saturated heterocycles. The molecule has 6 aliphatic carbocycles. The van der Waals surface area contributed by atoms with Crippen molar-refractivity contribution < 1.29 is 46.4 Å². The smallest absolute Gasteiger partial charge is 0.315 e. The molecule has 0 spiro atoms. The van der Waals surface area contributed by atoms with E-state index in [-0.39, 0.29) is 40.2 Å². The normalized spacial score (nSPS) is 42.7. The minimum atomic E-state index is -4.39. The van der Waals surface area contributed by atoms with Gasteiger partial charge in [-0.05, 0) is 68.7 Å². The van der Waals surface area contributed by atoms with Crippen LogP contribution in [0.15, 0.2) is 29.2 Å². The molecule has 1 N–H and O–H groups in total. The van der Waals surface area contributed by atoms with Gasteiger partial charge in [-0.15, -0.1) is 0 Å². The fraction of sp³-hybridized carbons (Fsp3) is 0.615. The molecule has 37 heavy (non-hydrogen) atoms. The van der Waals surface area contributed by atoms with Gasteiger partial charge in [0.1, 0.15) is 23.7 Å². The monoisotopic (exact) mass is 530 g/mol. The minimum absolute atomic E-state index is 0.0647. The van der Waals surface area contributed by atoms with Crippen molar-refractivity contribution in [1.29, 1.82) is 0 Å². The maximum Gasteiger partial charge on any atom is 0.315 e. The van der Waals surface area contributed by atoms with Gasteiger partial charge >= 0.3 is 17.9 Å². The van der Waals surface area contributed by atoms with E-state index in [1.807, 2.05) is 0 Å². The molecular formula is C26H26O10S. The van der Waals surface area contributed by atoms with Crippen molar-refractivity contribution in [1.82, 2.24) is 0 Å². The average molecular weight is 531 g/mol. The SMILES string of the molecule is O=C1C2CC3CC1CC(C(=O)OC1C4CC5C(C(=O)O[C@@H]51)C4C(=O)Oc1ccc(S(=O)(=O)O)cc1)(C3)C2. The summed E-state index contributed by atoms with van der Waals surface area (Å²) in [5.41, 5.74) is -0.681. The highest BCUT2D eigenvalue weighted by atomic mass is 32.2. The van der Waals surface area contributed by atoms with E-state index in [0.717, 1.165) is 25.0 Å². The fourth-order valence-corrected chi connectivity index (χ4v) is 9.06. The molecule has 10 nitrogen and oxygen atoms in total. The molecule has 6 bridgehead atoms. The Bertz CT molecular complexity index is 1320. The highest BCUT2D eigenvalue weighted by Crippen LogP contribution is 2.62. The predicted octanol–water partition coefficient (Wildman–Crippen LogP) is 1.95. The highest BCUT2D eigenvalue weighted by Gasteiger charge is 2.71. The Morgan fingerprint density at radius 2 is 1.65 bits per heavy atom. The van der Waals surface area contributed by atoms with Gasteiger partial charge < -0.3 is 14.2 Å². The first-order valence-corrected chi connectivity index (χ1v) is 14.2.